The van der Waals surface area contributed by atoms with Crippen molar-refractivity contribution in [1.82, 2.24) is 14.9 Å². The van der Waals surface area contributed by atoms with Crippen LogP contribution in [0.25, 0.3) is 11.0 Å². The van der Waals surface area contributed by atoms with E-state index >= 15 is 0 Å². The first-order valence-electron chi connectivity index (χ1n) is 5.57. The van der Waals surface area contributed by atoms with Gasteiger partial charge in [-0.15, -0.1) is 0 Å². The standard InChI is InChI=1S/C12H14N4O3/c1-16(2)10(17)7-4-5-8-9(6-7)14-11(13-8)15-12(18)19-3/h4-6H,1-3H3,(H2,13,14,15,18). The summed E-state index contributed by atoms with van der Waals surface area (Å²) in [6, 6.07) is 5.09. The molecule has 2 aromatic rings. The van der Waals surface area contributed by atoms with Gasteiger partial charge in [0.2, 0.25) is 5.95 Å². The zero-order chi connectivity index (χ0) is 14.0. The van der Waals surface area contributed by atoms with Gasteiger partial charge in [-0.3, -0.25) is 10.1 Å². The molecule has 7 heteroatoms. The second-order valence-electron chi connectivity index (χ2n) is 4.13. The number of hydrogen-bond donors (Lipinski definition) is 2. The van der Waals surface area contributed by atoms with Gasteiger partial charge in [0.1, 0.15) is 0 Å². The van der Waals surface area contributed by atoms with E-state index in [1.165, 1.54) is 12.0 Å². The van der Waals surface area contributed by atoms with Gasteiger partial charge >= 0.3 is 6.09 Å². The number of carbonyl (C=O) groups is 2. The van der Waals surface area contributed by atoms with Crippen LogP contribution in [0, 0.1) is 0 Å². The molecule has 0 aliphatic rings. The molecule has 1 aromatic carbocycles. The molecule has 7 nitrogen and oxygen atoms in total. The normalized spacial score (nSPS) is 10.3. The van der Waals surface area contributed by atoms with E-state index in [2.05, 4.69) is 20.0 Å². The van der Waals surface area contributed by atoms with Crippen molar-refractivity contribution < 1.29 is 14.3 Å². The lowest BCUT2D eigenvalue weighted by Gasteiger charge is -2.09. The van der Waals surface area contributed by atoms with Crippen molar-refractivity contribution in [3.8, 4) is 0 Å². The fraction of sp³-hybridized carbons (Fsp3) is 0.250. The third-order valence-electron chi connectivity index (χ3n) is 2.54. The molecule has 2 rings (SSSR count). The number of methoxy groups -OCH3 is 1. The third kappa shape index (κ3) is 2.65. The predicted octanol–water partition coefficient (Wildman–Crippen LogP) is 1.44. The lowest BCUT2D eigenvalue weighted by atomic mass is 10.2. The zero-order valence-corrected chi connectivity index (χ0v) is 10.9. The Morgan fingerprint density at radius 2 is 2.11 bits per heavy atom. The minimum absolute atomic E-state index is 0.0982. The van der Waals surface area contributed by atoms with Crippen molar-refractivity contribution in [2.75, 3.05) is 26.5 Å². The summed E-state index contributed by atoms with van der Waals surface area (Å²) in [4.78, 5) is 31.4. The Kier molecular flexibility index (Phi) is 3.37. The molecule has 19 heavy (non-hydrogen) atoms. The monoisotopic (exact) mass is 262 g/mol. The summed E-state index contributed by atoms with van der Waals surface area (Å²) in [5.74, 6) is 0.176. The van der Waals surface area contributed by atoms with Crippen LogP contribution in [0.4, 0.5) is 10.7 Å². The number of aromatic nitrogens is 2. The Hall–Kier alpha value is -2.57. The van der Waals surface area contributed by atoms with Crippen molar-refractivity contribution in [1.29, 1.82) is 0 Å². The molecule has 0 aliphatic carbocycles. The minimum Gasteiger partial charge on any atom is -0.453 e. The van der Waals surface area contributed by atoms with Crippen LogP contribution in [0.1, 0.15) is 10.4 Å². The molecular formula is C12H14N4O3. The number of aromatic amines is 1. The molecular weight excluding hydrogens is 248 g/mol. The summed E-state index contributed by atoms with van der Waals surface area (Å²) in [5, 5.41) is 2.43. The predicted molar refractivity (Wildman–Crippen MR) is 70.1 cm³/mol. The quantitative estimate of drug-likeness (QED) is 0.857. The maximum Gasteiger partial charge on any atom is 0.413 e. The summed E-state index contributed by atoms with van der Waals surface area (Å²) >= 11 is 0. The van der Waals surface area contributed by atoms with Crippen molar-refractivity contribution in [3.63, 3.8) is 0 Å². The highest BCUT2D eigenvalue weighted by molar-refractivity contribution is 5.97. The highest BCUT2D eigenvalue weighted by Gasteiger charge is 2.11. The average molecular weight is 262 g/mol. The first kappa shape index (κ1) is 12.9. The van der Waals surface area contributed by atoms with E-state index in [0.717, 1.165) is 0 Å². The van der Waals surface area contributed by atoms with Crippen LogP contribution in [0.5, 0.6) is 0 Å². The minimum atomic E-state index is -0.608. The maximum absolute atomic E-state index is 11.8. The van der Waals surface area contributed by atoms with Gasteiger partial charge in [-0.2, -0.15) is 0 Å². The number of nitrogens with one attached hydrogen (secondary N) is 2. The van der Waals surface area contributed by atoms with Crippen molar-refractivity contribution in [2.45, 2.75) is 0 Å². The smallest absolute Gasteiger partial charge is 0.413 e. The molecule has 0 radical (unpaired) electrons. The van der Waals surface area contributed by atoms with Crippen LogP contribution < -0.4 is 5.32 Å². The van der Waals surface area contributed by atoms with Gasteiger partial charge in [-0.25, -0.2) is 9.78 Å². The van der Waals surface area contributed by atoms with E-state index in [1.807, 2.05) is 0 Å². The van der Waals surface area contributed by atoms with E-state index in [1.54, 1.807) is 32.3 Å². The number of carbonyl (C=O) groups excluding carboxylic acids is 2. The Morgan fingerprint density at radius 3 is 2.74 bits per heavy atom. The van der Waals surface area contributed by atoms with Crippen LogP contribution in [0.2, 0.25) is 0 Å². The van der Waals surface area contributed by atoms with Gasteiger partial charge in [0.15, 0.2) is 0 Å². The lowest BCUT2D eigenvalue weighted by Crippen LogP contribution is -2.21. The molecule has 1 aromatic heterocycles. The van der Waals surface area contributed by atoms with Crippen molar-refractivity contribution in [3.05, 3.63) is 23.8 Å². The second-order valence-corrected chi connectivity index (χ2v) is 4.13. The number of benzene rings is 1. The van der Waals surface area contributed by atoms with Crippen LogP contribution in [-0.4, -0.2) is 48.1 Å². The molecule has 0 atom stereocenters. The van der Waals surface area contributed by atoms with Gasteiger partial charge in [0, 0.05) is 19.7 Å². The van der Waals surface area contributed by atoms with Crippen LogP contribution in [0.15, 0.2) is 18.2 Å². The Labute approximate surface area is 109 Å². The summed E-state index contributed by atoms with van der Waals surface area (Å²) in [6.07, 6.45) is -0.608. The number of ether oxygens (including phenoxy) is 1. The molecule has 0 saturated heterocycles. The van der Waals surface area contributed by atoms with Crippen molar-refractivity contribution >= 4 is 29.0 Å². The van der Waals surface area contributed by atoms with Gasteiger partial charge in [0.05, 0.1) is 18.1 Å². The Morgan fingerprint density at radius 1 is 1.37 bits per heavy atom. The second kappa shape index (κ2) is 4.97. The third-order valence-corrected chi connectivity index (χ3v) is 2.54. The number of amides is 2. The topological polar surface area (TPSA) is 87.3 Å². The molecule has 0 saturated carbocycles. The van der Waals surface area contributed by atoms with Crippen LogP contribution in [-0.2, 0) is 4.74 Å². The molecule has 2 N–H and O–H groups in total. The van der Waals surface area contributed by atoms with Gasteiger partial charge < -0.3 is 14.6 Å². The Balaban J connectivity index is 2.33. The first-order chi connectivity index (χ1) is 9.01. The number of hydrogen-bond acceptors (Lipinski definition) is 4. The van der Waals surface area contributed by atoms with E-state index in [4.69, 9.17) is 0 Å². The molecule has 100 valence electrons. The molecule has 2 amide bonds. The van der Waals surface area contributed by atoms with Crippen LogP contribution >= 0.6 is 0 Å². The van der Waals surface area contributed by atoms with Crippen LogP contribution in [0.3, 0.4) is 0 Å². The summed E-state index contributed by atoms with van der Waals surface area (Å²) in [7, 11) is 4.64. The van der Waals surface area contributed by atoms with Gasteiger partial charge in [-0.05, 0) is 18.2 Å². The fourth-order valence-corrected chi connectivity index (χ4v) is 1.61. The number of imidazole rings is 1. The molecule has 0 unspecified atom stereocenters. The molecule has 0 aliphatic heterocycles. The summed E-state index contributed by atoms with van der Waals surface area (Å²) < 4.78 is 4.47. The largest absolute Gasteiger partial charge is 0.453 e. The highest BCUT2D eigenvalue weighted by Crippen LogP contribution is 2.17. The fourth-order valence-electron chi connectivity index (χ4n) is 1.61. The van der Waals surface area contributed by atoms with E-state index in [-0.39, 0.29) is 11.9 Å². The molecule has 0 spiro atoms. The number of fused-ring (bicyclic) bond motifs is 1. The summed E-state index contributed by atoms with van der Waals surface area (Å²) in [6.45, 7) is 0. The number of H-pyrrole nitrogens is 1. The van der Waals surface area contributed by atoms with E-state index < -0.39 is 6.09 Å². The highest BCUT2D eigenvalue weighted by atomic mass is 16.5. The zero-order valence-electron chi connectivity index (χ0n) is 10.9. The number of anilines is 1. The first-order valence-corrected chi connectivity index (χ1v) is 5.57. The SMILES string of the molecule is COC(=O)Nc1nc2ccc(C(=O)N(C)C)cc2[nH]1. The number of nitrogens with zero attached hydrogens (tertiary/aromatic N) is 2. The van der Waals surface area contributed by atoms with E-state index in [0.29, 0.717) is 16.6 Å². The van der Waals surface area contributed by atoms with Crippen molar-refractivity contribution in [2.24, 2.45) is 0 Å². The summed E-state index contributed by atoms with van der Waals surface area (Å²) in [5.41, 5.74) is 1.87. The number of rotatable bonds is 2. The lowest BCUT2D eigenvalue weighted by molar-refractivity contribution is 0.0827. The Bertz CT molecular complexity index is 633. The van der Waals surface area contributed by atoms with Gasteiger partial charge in [-0.1, -0.05) is 0 Å². The maximum atomic E-state index is 11.8. The average Bonchev–Trinajstić information content (AvgIpc) is 2.78. The molecule has 1 heterocycles. The van der Waals surface area contributed by atoms with Gasteiger partial charge in [0.25, 0.3) is 5.91 Å². The molecule has 0 bridgehead atoms. The molecule has 0 fully saturated rings. The van der Waals surface area contributed by atoms with E-state index in [9.17, 15) is 9.59 Å².